The summed E-state index contributed by atoms with van der Waals surface area (Å²) in [5.41, 5.74) is 4.20. The van der Waals surface area contributed by atoms with E-state index < -0.39 is 0 Å². The Kier molecular flexibility index (Phi) is 3.16. The summed E-state index contributed by atoms with van der Waals surface area (Å²) in [6, 6.07) is 8.15. The van der Waals surface area contributed by atoms with Gasteiger partial charge in [0.2, 0.25) is 5.95 Å². The van der Waals surface area contributed by atoms with Gasteiger partial charge in [-0.25, -0.2) is 14.6 Å². The molecule has 2 aromatic heterocycles. The third-order valence-corrected chi connectivity index (χ3v) is 3.15. The van der Waals surface area contributed by atoms with Crippen molar-refractivity contribution in [2.75, 3.05) is 12.4 Å². The normalized spacial score (nSPS) is 10.5. The monoisotopic (exact) mass is 265 g/mol. The molecule has 100 valence electrons. The highest BCUT2D eigenvalue weighted by Crippen LogP contribution is 2.20. The zero-order valence-electron chi connectivity index (χ0n) is 11.4. The molecule has 0 bridgehead atoms. The molecule has 0 aliphatic rings. The van der Waals surface area contributed by atoms with Crippen LogP contribution in [0.5, 0.6) is 0 Å². The predicted molar refractivity (Wildman–Crippen MR) is 78.9 cm³/mol. The second kappa shape index (κ2) is 5.13. The van der Waals surface area contributed by atoms with Crippen molar-refractivity contribution in [2.45, 2.75) is 6.92 Å². The molecule has 0 radical (unpaired) electrons. The van der Waals surface area contributed by atoms with Gasteiger partial charge in [0, 0.05) is 36.8 Å². The van der Waals surface area contributed by atoms with E-state index in [0.717, 1.165) is 16.8 Å². The Morgan fingerprint density at radius 2 is 1.75 bits per heavy atom. The lowest BCUT2D eigenvalue weighted by atomic mass is 10.2. The number of aromatic nitrogens is 4. The van der Waals surface area contributed by atoms with Crippen LogP contribution in [0.25, 0.3) is 16.8 Å². The Morgan fingerprint density at radius 3 is 2.45 bits per heavy atom. The van der Waals surface area contributed by atoms with Crippen LogP contribution in [0.4, 0.5) is 5.95 Å². The van der Waals surface area contributed by atoms with E-state index in [2.05, 4.69) is 33.4 Å². The second-order valence-electron chi connectivity index (χ2n) is 4.51. The standard InChI is InChI=1S/C15H15N5/c1-11-5-3-4-6-14(11)20-10-13(9-19-20)12-7-17-15(16-2)18-8-12/h3-10H,1-2H3,(H,16,17,18). The number of nitrogens with one attached hydrogen (secondary N) is 1. The lowest BCUT2D eigenvalue weighted by molar-refractivity contribution is 0.873. The molecule has 0 amide bonds. The van der Waals surface area contributed by atoms with Crippen LogP contribution >= 0.6 is 0 Å². The van der Waals surface area contributed by atoms with Gasteiger partial charge in [-0.05, 0) is 18.6 Å². The molecule has 0 aliphatic carbocycles. The molecule has 3 aromatic rings. The van der Waals surface area contributed by atoms with Crippen molar-refractivity contribution in [3.8, 4) is 16.8 Å². The molecule has 5 nitrogen and oxygen atoms in total. The lowest BCUT2D eigenvalue weighted by Crippen LogP contribution is -1.96. The highest BCUT2D eigenvalue weighted by atomic mass is 15.3. The van der Waals surface area contributed by atoms with Gasteiger partial charge in [-0.1, -0.05) is 18.2 Å². The van der Waals surface area contributed by atoms with Gasteiger partial charge in [0.05, 0.1) is 11.9 Å². The van der Waals surface area contributed by atoms with Gasteiger partial charge in [-0.3, -0.25) is 0 Å². The van der Waals surface area contributed by atoms with Crippen LogP contribution in [0.1, 0.15) is 5.56 Å². The Hall–Kier alpha value is -2.69. The second-order valence-corrected chi connectivity index (χ2v) is 4.51. The highest BCUT2D eigenvalue weighted by molar-refractivity contribution is 5.61. The number of rotatable bonds is 3. The van der Waals surface area contributed by atoms with Crippen molar-refractivity contribution in [3.05, 3.63) is 54.6 Å². The third-order valence-electron chi connectivity index (χ3n) is 3.15. The number of aryl methyl sites for hydroxylation is 1. The summed E-state index contributed by atoms with van der Waals surface area (Å²) in [6.07, 6.45) is 7.39. The highest BCUT2D eigenvalue weighted by Gasteiger charge is 2.06. The summed E-state index contributed by atoms with van der Waals surface area (Å²) in [4.78, 5) is 8.43. The fraction of sp³-hybridized carbons (Fsp3) is 0.133. The topological polar surface area (TPSA) is 55.6 Å². The van der Waals surface area contributed by atoms with Gasteiger partial charge in [-0.2, -0.15) is 5.10 Å². The number of anilines is 1. The summed E-state index contributed by atoms with van der Waals surface area (Å²) >= 11 is 0. The smallest absolute Gasteiger partial charge is 0.222 e. The molecule has 1 N–H and O–H groups in total. The predicted octanol–water partition coefficient (Wildman–Crippen LogP) is 2.68. The van der Waals surface area contributed by atoms with E-state index in [1.165, 1.54) is 5.56 Å². The molecule has 2 heterocycles. The number of hydrogen-bond donors (Lipinski definition) is 1. The minimum absolute atomic E-state index is 0.611. The molecule has 0 saturated heterocycles. The van der Waals surface area contributed by atoms with E-state index in [1.807, 2.05) is 35.3 Å². The third kappa shape index (κ3) is 2.25. The Balaban J connectivity index is 1.95. The van der Waals surface area contributed by atoms with Crippen molar-refractivity contribution in [1.82, 2.24) is 19.7 Å². The molecule has 0 unspecified atom stereocenters. The molecule has 0 spiro atoms. The molecule has 0 atom stereocenters. The molecule has 5 heteroatoms. The Morgan fingerprint density at radius 1 is 1.00 bits per heavy atom. The van der Waals surface area contributed by atoms with Gasteiger partial charge >= 0.3 is 0 Å². The van der Waals surface area contributed by atoms with Gasteiger partial charge in [0.25, 0.3) is 0 Å². The number of benzene rings is 1. The van der Waals surface area contributed by atoms with E-state index in [-0.39, 0.29) is 0 Å². The summed E-state index contributed by atoms with van der Waals surface area (Å²) in [7, 11) is 1.80. The number of nitrogens with zero attached hydrogens (tertiary/aromatic N) is 4. The first-order valence-electron chi connectivity index (χ1n) is 6.39. The van der Waals surface area contributed by atoms with E-state index in [0.29, 0.717) is 5.95 Å². The SMILES string of the molecule is CNc1ncc(-c2cnn(-c3ccccc3C)c2)cn1. The zero-order chi connectivity index (χ0) is 13.9. The first-order chi connectivity index (χ1) is 9.78. The van der Waals surface area contributed by atoms with E-state index in [4.69, 9.17) is 0 Å². The fourth-order valence-electron chi connectivity index (χ4n) is 2.03. The maximum atomic E-state index is 4.41. The molecule has 0 aliphatic heterocycles. The first kappa shape index (κ1) is 12.3. The summed E-state index contributed by atoms with van der Waals surface area (Å²) < 4.78 is 1.87. The van der Waals surface area contributed by atoms with E-state index in [1.54, 1.807) is 19.4 Å². The van der Waals surface area contributed by atoms with Gasteiger partial charge in [0.1, 0.15) is 0 Å². The van der Waals surface area contributed by atoms with Crippen molar-refractivity contribution in [1.29, 1.82) is 0 Å². The van der Waals surface area contributed by atoms with E-state index in [9.17, 15) is 0 Å². The average molecular weight is 265 g/mol. The summed E-state index contributed by atoms with van der Waals surface area (Å²) in [6.45, 7) is 2.07. The molecule has 0 saturated carbocycles. The minimum Gasteiger partial charge on any atom is -0.357 e. The first-order valence-corrected chi connectivity index (χ1v) is 6.39. The van der Waals surface area contributed by atoms with Crippen LogP contribution in [0.2, 0.25) is 0 Å². The average Bonchev–Trinajstić information content (AvgIpc) is 2.97. The molecule has 20 heavy (non-hydrogen) atoms. The van der Waals surface area contributed by atoms with Crippen molar-refractivity contribution >= 4 is 5.95 Å². The van der Waals surface area contributed by atoms with Crippen LogP contribution < -0.4 is 5.32 Å². The number of hydrogen-bond acceptors (Lipinski definition) is 4. The summed E-state index contributed by atoms with van der Waals surface area (Å²) in [5, 5.41) is 7.31. The van der Waals surface area contributed by atoms with Crippen molar-refractivity contribution in [2.24, 2.45) is 0 Å². The van der Waals surface area contributed by atoms with Crippen molar-refractivity contribution in [3.63, 3.8) is 0 Å². The summed E-state index contributed by atoms with van der Waals surface area (Å²) in [5.74, 6) is 0.611. The fourth-order valence-corrected chi connectivity index (χ4v) is 2.03. The largest absolute Gasteiger partial charge is 0.357 e. The molecule has 0 fully saturated rings. The molecule has 1 aromatic carbocycles. The van der Waals surface area contributed by atoms with Crippen LogP contribution in [0, 0.1) is 6.92 Å². The number of para-hydroxylation sites is 1. The van der Waals surface area contributed by atoms with Crippen LogP contribution in [0.3, 0.4) is 0 Å². The lowest BCUT2D eigenvalue weighted by Gasteiger charge is -2.04. The Labute approximate surface area is 117 Å². The molecular weight excluding hydrogens is 250 g/mol. The maximum Gasteiger partial charge on any atom is 0.222 e. The van der Waals surface area contributed by atoms with Crippen LogP contribution in [-0.2, 0) is 0 Å². The van der Waals surface area contributed by atoms with Crippen LogP contribution in [0.15, 0.2) is 49.1 Å². The molecular formula is C15H15N5. The molecule has 3 rings (SSSR count). The quantitative estimate of drug-likeness (QED) is 0.791. The van der Waals surface area contributed by atoms with Crippen LogP contribution in [-0.4, -0.2) is 26.8 Å². The van der Waals surface area contributed by atoms with Gasteiger partial charge in [-0.15, -0.1) is 0 Å². The zero-order valence-corrected chi connectivity index (χ0v) is 11.4. The Bertz CT molecular complexity index is 715. The van der Waals surface area contributed by atoms with Gasteiger partial charge in [0.15, 0.2) is 0 Å². The maximum absolute atomic E-state index is 4.41. The van der Waals surface area contributed by atoms with Crippen molar-refractivity contribution < 1.29 is 0 Å². The minimum atomic E-state index is 0.611. The van der Waals surface area contributed by atoms with E-state index >= 15 is 0 Å². The van der Waals surface area contributed by atoms with Gasteiger partial charge < -0.3 is 5.32 Å².